The zero-order valence-corrected chi connectivity index (χ0v) is 19.8. The third-order valence-corrected chi connectivity index (χ3v) is 7.53. The molecule has 3 fully saturated rings. The first-order valence-electron chi connectivity index (χ1n) is 12.7. The Kier molecular flexibility index (Phi) is 7.13. The van der Waals surface area contributed by atoms with Gasteiger partial charge in [-0.05, 0) is 43.6 Å². The number of aromatic nitrogens is 2. The molecule has 0 radical (unpaired) electrons. The highest BCUT2D eigenvalue weighted by Gasteiger charge is 2.31. The van der Waals surface area contributed by atoms with Gasteiger partial charge in [-0.1, -0.05) is 30.3 Å². The van der Waals surface area contributed by atoms with Crippen molar-refractivity contribution >= 4 is 17.5 Å². The van der Waals surface area contributed by atoms with Gasteiger partial charge in [0, 0.05) is 51.3 Å². The lowest BCUT2D eigenvalue weighted by atomic mass is 9.88. The van der Waals surface area contributed by atoms with E-state index in [0.29, 0.717) is 30.9 Å². The van der Waals surface area contributed by atoms with Crippen molar-refractivity contribution in [2.45, 2.75) is 32.1 Å². The Labute approximate surface area is 200 Å². The second-order valence-electron chi connectivity index (χ2n) is 9.75. The summed E-state index contributed by atoms with van der Waals surface area (Å²) in [5.74, 6) is 2.55. The number of aromatic amines is 1. The van der Waals surface area contributed by atoms with Gasteiger partial charge in [-0.15, -0.1) is 0 Å². The molecule has 3 saturated heterocycles. The number of benzene rings is 1. The average molecular weight is 466 g/mol. The molecule has 8 heteroatoms. The van der Waals surface area contributed by atoms with Crippen LogP contribution in [0.3, 0.4) is 0 Å². The molecule has 4 heterocycles. The van der Waals surface area contributed by atoms with Gasteiger partial charge in [0.15, 0.2) is 0 Å². The predicted molar refractivity (Wildman–Crippen MR) is 132 cm³/mol. The average Bonchev–Trinajstić information content (AvgIpc) is 2.90. The molecule has 0 spiro atoms. The first-order valence-corrected chi connectivity index (χ1v) is 12.7. The molecule has 3 aliphatic rings. The summed E-state index contributed by atoms with van der Waals surface area (Å²) in [6.45, 7) is 6.09. The number of nitrogens with zero attached hydrogens (tertiary/aromatic N) is 4. The van der Waals surface area contributed by atoms with Crippen molar-refractivity contribution in [1.29, 1.82) is 0 Å². The van der Waals surface area contributed by atoms with E-state index in [1.807, 2.05) is 6.07 Å². The third kappa shape index (κ3) is 5.43. The molecule has 5 rings (SSSR count). The maximum atomic E-state index is 13.2. The van der Waals surface area contributed by atoms with Crippen LogP contribution in [0.25, 0.3) is 0 Å². The van der Waals surface area contributed by atoms with Crippen LogP contribution >= 0.6 is 0 Å². The fourth-order valence-corrected chi connectivity index (χ4v) is 5.49. The number of hydrogen-bond donors (Lipinski definition) is 1. The lowest BCUT2D eigenvalue weighted by Crippen LogP contribution is -2.46. The van der Waals surface area contributed by atoms with E-state index in [2.05, 4.69) is 55.0 Å². The standard InChI is InChI=1S/C26H35N5O3/c32-25(31-10-6-21(7-11-31)18-20-4-2-1-3-5-20)22-8-12-29(13-9-22)23-19-24(28-26(33)27-23)30-14-16-34-17-15-30/h1-5,19,21-22H,6-18H2,(H,27,28,33). The largest absolute Gasteiger partial charge is 0.378 e. The number of piperidine rings is 2. The molecule has 1 amide bonds. The van der Waals surface area contributed by atoms with E-state index in [0.717, 1.165) is 77.2 Å². The molecule has 0 atom stereocenters. The van der Waals surface area contributed by atoms with Crippen LogP contribution in [0.2, 0.25) is 0 Å². The molecule has 2 aromatic rings. The van der Waals surface area contributed by atoms with Gasteiger partial charge in [0.25, 0.3) is 0 Å². The Morgan fingerprint density at radius 2 is 1.65 bits per heavy atom. The summed E-state index contributed by atoms with van der Waals surface area (Å²) in [6.07, 6.45) is 4.90. The summed E-state index contributed by atoms with van der Waals surface area (Å²) in [5, 5.41) is 0. The van der Waals surface area contributed by atoms with Crippen LogP contribution in [0.4, 0.5) is 11.6 Å². The fraction of sp³-hybridized carbons (Fsp3) is 0.577. The SMILES string of the molecule is O=C(C1CCN(c2cc(N3CCOCC3)[nH]c(=O)n2)CC1)N1CCC(Cc2ccccc2)CC1. The highest BCUT2D eigenvalue weighted by molar-refractivity contribution is 5.79. The van der Waals surface area contributed by atoms with Crippen LogP contribution in [-0.2, 0) is 16.0 Å². The van der Waals surface area contributed by atoms with Gasteiger partial charge in [-0.2, -0.15) is 4.98 Å². The Hall–Kier alpha value is -2.87. The molecule has 1 aromatic heterocycles. The molecule has 0 bridgehead atoms. The summed E-state index contributed by atoms with van der Waals surface area (Å²) >= 11 is 0. The minimum atomic E-state index is -0.324. The van der Waals surface area contributed by atoms with Crippen molar-refractivity contribution in [3.63, 3.8) is 0 Å². The minimum Gasteiger partial charge on any atom is -0.378 e. The van der Waals surface area contributed by atoms with Gasteiger partial charge in [0.2, 0.25) is 5.91 Å². The van der Waals surface area contributed by atoms with E-state index < -0.39 is 0 Å². The molecule has 0 saturated carbocycles. The van der Waals surface area contributed by atoms with Crippen LogP contribution in [0.5, 0.6) is 0 Å². The normalized spacial score (nSPS) is 20.5. The quantitative estimate of drug-likeness (QED) is 0.730. The topological polar surface area (TPSA) is 81.8 Å². The van der Waals surface area contributed by atoms with Crippen molar-refractivity contribution in [1.82, 2.24) is 14.9 Å². The first kappa shape index (κ1) is 22.9. The number of morpholine rings is 1. The maximum absolute atomic E-state index is 13.2. The smallest absolute Gasteiger partial charge is 0.348 e. The Balaban J connectivity index is 1.12. The van der Waals surface area contributed by atoms with Crippen molar-refractivity contribution in [2.75, 3.05) is 62.3 Å². The molecule has 3 aliphatic heterocycles. The number of H-pyrrole nitrogens is 1. The fourth-order valence-electron chi connectivity index (χ4n) is 5.49. The second kappa shape index (κ2) is 10.6. The summed E-state index contributed by atoms with van der Waals surface area (Å²) in [7, 11) is 0. The monoisotopic (exact) mass is 465 g/mol. The molecule has 1 aromatic carbocycles. The van der Waals surface area contributed by atoms with Crippen LogP contribution in [0.1, 0.15) is 31.2 Å². The number of anilines is 2. The van der Waals surface area contributed by atoms with Gasteiger partial charge in [-0.3, -0.25) is 9.78 Å². The number of likely N-dealkylation sites (tertiary alicyclic amines) is 1. The van der Waals surface area contributed by atoms with Gasteiger partial charge in [0.1, 0.15) is 11.6 Å². The van der Waals surface area contributed by atoms with Crippen molar-refractivity contribution < 1.29 is 9.53 Å². The van der Waals surface area contributed by atoms with Gasteiger partial charge in [0.05, 0.1) is 13.2 Å². The van der Waals surface area contributed by atoms with E-state index in [4.69, 9.17) is 4.74 Å². The Bertz CT molecular complexity index is 1000. The molecule has 0 aliphatic carbocycles. The van der Waals surface area contributed by atoms with Gasteiger partial charge < -0.3 is 19.4 Å². The van der Waals surface area contributed by atoms with E-state index in [-0.39, 0.29) is 11.6 Å². The van der Waals surface area contributed by atoms with E-state index in [1.165, 1.54) is 5.56 Å². The number of ether oxygens (including phenoxy) is 1. The van der Waals surface area contributed by atoms with Crippen LogP contribution < -0.4 is 15.5 Å². The maximum Gasteiger partial charge on any atom is 0.348 e. The van der Waals surface area contributed by atoms with Gasteiger partial charge >= 0.3 is 5.69 Å². The molecular weight excluding hydrogens is 430 g/mol. The summed E-state index contributed by atoms with van der Waals surface area (Å²) in [5.41, 5.74) is 1.07. The summed E-state index contributed by atoms with van der Waals surface area (Å²) in [4.78, 5) is 38.8. The number of rotatable bonds is 5. The van der Waals surface area contributed by atoms with Crippen LogP contribution in [-0.4, -0.2) is 73.3 Å². The molecule has 8 nitrogen and oxygen atoms in total. The highest BCUT2D eigenvalue weighted by atomic mass is 16.5. The molecule has 1 N–H and O–H groups in total. The molecule has 34 heavy (non-hydrogen) atoms. The molecule has 182 valence electrons. The minimum absolute atomic E-state index is 0.0719. The van der Waals surface area contributed by atoms with Crippen molar-refractivity contribution in [3.05, 3.63) is 52.4 Å². The van der Waals surface area contributed by atoms with Crippen molar-refractivity contribution in [2.24, 2.45) is 11.8 Å². The Morgan fingerprint density at radius 3 is 2.35 bits per heavy atom. The zero-order valence-electron chi connectivity index (χ0n) is 19.8. The molecule has 0 unspecified atom stereocenters. The number of nitrogens with one attached hydrogen (secondary N) is 1. The van der Waals surface area contributed by atoms with Crippen molar-refractivity contribution in [3.8, 4) is 0 Å². The number of hydrogen-bond acceptors (Lipinski definition) is 6. The first-order chi connectivity index (χ1) is 16.7. The number of carbonyl (C=O) groups is 1. The lowest BCUT2D eigenvalue weighted by Gasteiger charge is -2.38. The zero-order chi connectivity index (χ0) is 23.3. The van der Waals surface area contributed by atoms with E-state index >= 15 is 0 Å². The second-order valence-corrected chi connectivity index (χ2v) is 9.75. The van der Waals surface area contributed by atoms with Gasteiger partial charge in [-0.25, -0.2) is 4.79 Å². The summed E-state index contributed by atoms with van der Waals surface area (Å²) in [6, 6.07) is 12.6. The number of carbonyl (C=O) groups excluding carboxylic acids is 1. The third-order valence-electron chi connectivity index (χ3n) is 7.53. The predicted octanol–water partition coefficient (Wildman–Crippen LogP) is 2.30. The Morgan fingerprint density at radius 1 is 0.941 bits per heavy atom. The lowest BCUT2D eigenvalue weighted by molar-refractivity contribution is -0.137. The number of amides is 1. The van der Waals surface area contributed by atoms with Crippen LogP contribution in [0, 0.1) is 11.8 Å². The van der Waals surface area contributed by atoms with Crippen LogP contribution in [0.15, 0.2) is 41.2 Å². The van der Waals surface area contributed by atoms with E-state index in [9.17, 15) is 9.59 Å². The highest BCUT2D eigenvalue weighted by Crippen LogP contribution is 2.28. The molecular formula is C26H35N5O3. The summed E-state index contributed by atoms with van der Waals surface area (Å²) < 4.78 is 5.42. The van der Waals surface area contributed by atoms with E-state index in [1.54, 1.807) is 0 Å².